The Morgan fingerprint density at radius 2 is 0.738 bits per heavy atom. The second kappa shape index (κ2) is 17.0. The van der Waals surface area contributed by atoms with Crippen LogP contribution in [0, 0.1) is 0 Å². The van der Waals surface area contributed by atoms with E-state index >= 15 is 0 Å². The fraction of sp³-hybridized carbons (Fsp3) is 0.235. The molecule has 0 radical (unpaired) electrons. The largest absolute Gasteiger partial charge is 0.490 e. The molecule has 0 unspecified atom stereocenters. The quantitative estimate of drug-likeness (QED) is 0.137. The number of hydrogen-bond donors (Lipinski definition) is 2. The van der Waals surface area contributed by atoms with Crippen LogP contribution in [-0.4, -0.2) is 38.2 Å². The van der Waals surface area contributed by atoms with Gasteiger partial charge in [0.25, 0.3) is 0 Å². The lowest BCUT2D eigenvalue weighted by atomic mass is 10.1. The summed E-state index contributed by atoms with van der Waals surface area (Å²) in [7, 11) is 0. The maximum atomic E-state index is 12.3. The molecule has 0 bridgehead atoms. The van der Waals surface area contributed by atoms with E-state index in [0.29, 0.717) is 75.0 Å². The van der Waals surface area contributed by atoms with E-state index in [4.69, 9.17) is 18.9 Å². The summed E-state index contributed by atoms with van der Waals surface area (Å²) in [5.41, 5.74) is 1.39. The van der Waals surface area contributed by atoms with Gasteiger partial charge in [0.15, 0.2) is 0 Å². The van der Waals surface area contributed by atoms with Crippen molar-refractivity contribution in [2.45, 2.75) is 25.7 Å². The molecule has 0 aromatic heterocycles. The van der Waals surface area contributed by atoms with E-state index < -0.39 is 0 Å². The SMILES string of the molecule is O=C(CCCCC(=O)Nc1ccc(OCCOc2ccccc2)cc1)Nc1ccc(OCCOc2ccccc2)cc1. The van der Waals surface area contributed by atoms with Crippen LogP contribution in [0.2, 0.25) is 0 Å². The highest BCUT2D eigenvalue weighted by Gasteiger charge is 2.07. The number of hydrogen-bond acceptors (Lipinski definition) is 6. The molecule has 4 aromatic rings. The van der Waals surface area contributed by atoms with E-state index in [1.807, 2.05) is 84.9 Å². The Morgan fingerprint density at radius 1 is 0.429 bits per heavy atom. The first-order valence-electron chi connectivity index (χ1n) is 14.1. The van der Waals surface area contributed by atoms with Gasteiger partial charge >= 0.3 is 0 Å². The van der Waals surface area contributed by atoms with Gasteiger partial charge in [0, 0.05) is 24.2 Å². The minimum absolute atomic E-state index is 0.0925. The van der Waals surface area contributed by atoms with Gasteiger partial charge in [-0.25, -0.2) is 0 Å². The standard InChI is InChI=1S/C34H36N2O6/c37-33(35-27-15-19-31(20-16-27)41-25-23-39-29-9-3-1-4-10-29)13-7-8-14-34(38)36-28-17-21-32(22-18-28)42-26-24-40-30-11-5-2-6-12-30/h1-6,9-12,15-22H,7-8,13-14,23-26H2,(H,35,37)(H,36,38). The van der Waals surface area contributed by atoms with Gasteiger partial charge in [0.1, 0.15) is 49.4 Å². The van der Waals surface area contributed by atoms with E-state index in [0.717, 1.165) is 11.5 Å². The molecule has 8 nitrogen and oxygen atoms in total. The molecule has 0 heterocycles. The van der Waals surface area contributed by atoms with Gasteiger partial charge in [-0.05, 0) is 85.6 Å². The van der Waals surface area contributed by atoms with Crippen LogP contribution < -0.4 is 29.6 Å². The summed E-state index contributed by atoms with van der Waals surface area (Å²) in [4.78, 5) is 24.6. The average molecular weight is 569 g/mol. The summed E-state index contributed by atoms with van der Waals surface area (Å²) in [6.07, 6.45) is 1.89. The zero-order chi connectivity index (χ0) is 29.2. The van der Waals surface area contributed by atoms with Gasteiger partial charge in [-0.2, -0.15) is 0 Å². The first-order chi connectivity index (χ1) is 20.6. The van der Waals surface area contributed by atoms with Gasteiger partial charge < -0.3 is 29.6 Å². The molecule has 0 saturated carbocycles. The first-order valence-corrected chi connectivity index (χ1v) is 14.1. The second-order valence-corrected chi connectivity index (χ2v) is 9.37. The van der Waals surface area contributed by atoms with Crippen LogP contribution in [0.3, 0.4) is 0 Å². The minimum Gasteiger partial charge on any atom is -0.490 e. The Bertz CT molecular complexity index is 1240. The first kappa shape index (κ1) is 30.0. The highest BCUT2D eigenvalue weighted by molar-refractivity contribution is 5.91. The Balaban J connectivity index is 1.04. The highest BCUT2D eigenvalue weighted by atomic mass is 16.5. The fourth-order valence-corrected chi connectivity index (χ4v) is 3.96. The molecule has 0 spiro atoms. The summed E-state index contributed by atoms with van der Waals surface area (Å²) in [6.45, 7) is 1.71. The molecule has 218 valence electrons. The molecule has 0 fully saturated rings. The molecule has 0 aliphatic carbocycles. The number of nitrogens with one attached hydrogen (secondary N) is 2. The van der Waals surface area contributed by atoms with E-state index in [2.05, 4.69) is 10.6 Å². The van der Waals surface area contributed by atoms with Crippen LogP contribution in [0.5, 0.6) is 23.0 Å². The lowest BCUT2D eigenvalue weighted by Crippen LogP contribution is -2.13. The summed E-state index contributed by atoms with van der Waals surface area (Å²) in [6, 6.07) is 33.6. The molecule has 0 aliphatic rings. The van der Waals surface area contributed by atoms with Crippen molar-refractivity contribution in [3.8, 4) is 23.0 Å². The molecule has 8 heteroatoms. The second-order valence-electron chi connectivity index (χ2n) is 9.37. The number of ether oxygens (including phenoxy) is 4. The van der Waals surface area contributed by atoms with Crippen LogP contribution >= 0.6 is 0 Å². The summed E-state index contributed by atoms with van der Waals surface area (Å²) in [5, 5.41) is 5.76. The highest BCUT2D eigenvalue weighted by Crippen LogP contribution is 2.18. The summed E-state index contributed by atoms with van der Waals surface area (Å²) >= 11 is 0. The zero-order valence-electron chi connectivity index (χ0n) is 23.5. The molecule has 42 heavy (non-hydrogen) atoms. The third-order valence-corrected chi connectivity index (χ3v) is 6.06. The number of para-hydroxylation sites is 2. The van der Waals surface area contributed by atoms with Crippen molar-refractivity contribution in [3.63, 3.8) is 0 Å². The van der Waals surface area contributed by atoms with E-state index in [1.165, 1.54) is 0 Å². The van der Waals surface area contributed by atoms with E-state index in [-0.39, 0.29) is 11.8 Å². The normalized spacial score (nSPS) is 10.4. The van der Waals surface area contributed by atoms with E-state index in [1.54, 1.807) is 24.3 Å². The third kappa shape index (κ3) is 11.3. The van der Waals surface area contributed by atoms with Crippen LogP contribution in [0.1, 0.15) is 25.7 Å². The smallest absolute Gasteiger partial charge is 0.224 e. The number of anilines is 2. The van der Waals surface area contributed by atoms with Gasteiger partial charge in [-0.3, -0.25) is 9.59 Å². The minimum atomic E-state index is -0.0925. The third-order valence-electron chi connectivity index (χ3n) is 6.06. The topological polar surface area (TPSA) is 95.1 Å². The molecule has 4 aromatic carbocycles. The Kier molecular flexibility index (Phi) is 12.1. The predicted molar refractivity (Wildman–Crippen MR) is 163 cm³/mol. The Labute approximate surface area is 246 Å². The van der Waals surface area contributed by atoms with Crippen molar-refractivity contribution < 1.29 is 28.5 Å². The summed E-state index contributed by atoms with van der Waals surface area (Å²) in [5.74, 6) is 2.82. The van der Waals surface area contributed by atoms with Crippen molar-refractivity contribution >= 4 is 23.2 Å². The van der Waals surface area contributed by atoms with Crippen molar-refractivity contribution in [1.29, 1.82) is 0 Å². The number of benzene rings is 4. The fourth-order valence-electron chi connectivity index (χ4n) is 3.96. The molecule has 2 amide bonds. The van der Waals surface area contributed by atoms with Crippen molar-refractivity contribution in [2.75, 3.05) is 37.1 Å². The zero-order valence-corrected chi connectivity index (χ0v) is 23.5. The van der Waals surface area contributed by atoms with Crippen molar-refractivity contribution in [1.82, 2.24) is 0 Å². The monoisotopic (exact) mass is 568 g/mol. The van der Waals surface area contributed by atoms with Crippen LogP contribution in [0.15, 0.2) is 109 Å². The van der Waals surface area contributed by atoms with Gasteiger partial charge in [0.05, 0.1) is 0 Å². The number of unbranched alkanes of at least 4 members (excludes halogenated alkanes) is 1. The van der Waals surface area contributed by atoms with Crippen LogP contribution in [-0.2, 0) is 9.59 Å². The lowest BCUT2D eigenvalue weighted by molar-refractivity contribution is -0.118. The van der Waals surface area contributed by atoms with Gasteiger partial charge in [-0.1, -0.05) is 36.4 Å². The molecular formula is C34H36N2O6. The maximum absolute atomic E-state index is 12.3. The van der Waals surface area contributed by atoms with E-state index in [9.17, 15) is 9.59 Å². The van der Waals surface area contributed by atoms with Crippen LogP contribution in [0.4, 0.5) is 11.4 Å². The maximum Gasteiger partial charge on any atom is 0.224 e. The summed E-state index contributed by atoms with van der Waals surface area (Å²) < 4.78 is 22.6. The number of carbonyl (C=O) groups excluding carboxylic acids is 2. The van der Waals surface area contributed by atoms with Crippen molar-refractivity contribution in [2.24, 2.45) is 0 Å². The molecule has 0 saturated heterocycles. The predicted octanol–water partition coefficient (Wildman–Crippen LogP) is 6.74. The molecule has 0 atom stereocenters. The molecular weight excluding hydrogens is 532 g/mol. The van der Waals surface area contributed by atoms with Crippen LogP contribution in [0.25, 0.3) is 0 Å². The van der Waals surface area contributed by atoms with Gasteiger partial charge in [-0.15, -0.1) is 0 Å². The molecule has 4 rings (SSSR count). The molecule has 2 N–H and O–H groups in total. The molecule has 0 aliphatic heterocycles. The number of amides is 2. The Hall–Kier alpha value is -4.98. The van der Waals surface area contributed by atoms with Crippen molar-refractivity contribution in [3.05, 3.63) is 109 Å². The van der Waals surface area contributed by atoms with Gasteiger partial charge in [0.2, 0.25) is 11.8 Å². The average Bonchev–Trinajstić information content (AvgIpc) is 3.02. The lowest BCUT2D eigenvalue weighted by Gasteiger charge is -2.10. The Morgan fingerprint density at radius 3 is 1.07 bits per heavy atom. The number of rotatable bonds is 17. The number of carbonyl (C=O) groups is 2.